The maximum Gasteiger partial charge on any atom is 0.125 e. The number of likely N-dealkylation sites (tertiary alicyclic amines) is 1. The topological polar surface area (TPSA) is 46.0 Å². The molecule has 0 aromatic carbocycles. The summed E-state index contributed by atoms with van der Waals surface area (Å²) < 4.78 is 2.10. The van der Waals surface area contributed by atoms with Crippen molar-refractivity contribution in [3.8, 4) is 0 Å². The normalized spacial score (nSPS) is 19.4. The van der Waals surface area contributed by atoms with Gasteiger partial charge in [0.15, 0.2) is 0 Å². The van der Waals surface area contributed by atoms with Crippen LogP contribution in [0.25, 0.3) is 0 Å². The third-order valence-corrected chi connectivity index (χ3v) is 4.07. The van der Waals surface area contributed by atoms with Crippen molar-refractivity contribution in [2.45, 2.75) is 25.4 Å². The standard InChI is InChI=1S/C15H21N5/c1-16-15-8-12(5-6-18-15)14-4-3-7-20(14)10-13-9-17-11-19(13)2/h5-6,8-9,11,14H,3-4,7,10H2,1-2H3,(H,16,18)/t14-/m0/s1. The van der Waals surface area contributed by atoms with E-state index in [-0.39, 0.29) is 0 Å². The fraction of sp³-hybridized carbons (Fsp3) is 0.467. The molecule has 0 unspecified atom stereocenters. The van der Waals surface area contributed by atoms with Gasteiger partial charge in [0.2, 0.25) is 0 Å². The van der Waals surface area contributed by atoms with Gasteiger partial charge in [0, 0.05) is 39.1 Å². The van der Waals surface area contributed by atoms with Gasteiger partial charge < -0.3 is 9.88 Å². The molecule has 1 N–H and O–H groups in total. The highest BCUT2D eigenvalue weighted by Gasteiger charge is 2.26. The molecular formula is C15H21N5. The van der Waals surface area contributed by atoms with Gasteiger partial charge >= 0.3 is 0 Å². The van der Waals surface area contributed by atoms with Crippen LogP contribution in [0.3, 0.4) is 0 Å². The summed E-state index contributed by atoms with van der Waals surface area (Å²) in [7, 11) is 3.97. The monoisotopic (exact) mass is 271 g/mol. The Hall–Kier alpha value is -1.88. The van der Waals surface area contributed by atoms with Crippen molar-refractivity contribution < 1.29 is 0 Å². The van der Waals surface area contributed by atoms with Crippen LogP contribution in [0.4, 0.5) is 5.82 Å². The Morgan fingerprint density at radius 3 is 3.10 bits per heavy atom. The molecule has 3 rings (SSSR count). The molecule has 20 heavy (non-hydrogen) atoms. The summed E-state index contributed by atoms with van der Waals surface area (Å²) in [5.74, 6) is 0.940. The van der Waals surface area contributed by atoms with E-state index in [2.05, 4.69) is 43.9 Å². The molecule has 3 heterocycles. The van der Waals surface area contributed by atoms with Gasteiger partial charge in [0.25, 0.3) is 0 Å². The fourth-order valence-corrected chi connectivity index (χ4v) is 2.93. The highest BCUT2D eigenvalue weighted by molar-refractivity contribution is 5.38. The molecule has 5 heteroatoms. The highest BCUT2D eigenvalue weighted by Crippen LogP contribution is 2.33. The molecular weight excluding hydrogens is 250 g/mol. The number of imidazole rings is 1. The third-order valence-electron chi connectivity index (χ3n) is 4.07. The minimum absolute atomic E-state index is 0.486. The largest absolute Gasteiger partial charge is 0.373 e. The molecule has 1 saturated heterocycles. The molecule has 0 bridgehead atoms. The minimum atomic E-state index is 0.486. The van der Waals surface area contributed by atoms with Crippen molar-refractivity contribution in [1.29, 1.82) is 0 Å². The summed E-state index contributed by atoms with van der Waals surface area (Å²) in [4.78, 5) is 11.0. The summed E-state index contributed by atoms with van der Waals surface area (Å²) in [5, 5.41) is 3.12. The molecule has 0 saturated carbocycles. The van der Waals surface area contributed by atoms with E-state index in [4.69, 9.17) is 0 Å². The second kappa shape index (κ2) is 5.63. The van der Waals surface area contributed by atoms with Gasteiger partial charge in [-0.15, -0.1) is 0 Å². The molecule has 2 aromatic heterocycles. The summed E-state index contributed by atoms with van der Waals surface area (Å²) in [6, 6.07) is 4.78. The van der Waals surface area contributed by atoms with Crippen LogP contribution in [0.2, 0.25) is 0 Å². The Morgan fingerprint density at radius 1 is 1.45 bits per heavy atom. The molecule has 0 aliphatic carbocycles. The molecule has 0 amide bonds. The van der Waals surface area contributed by atoms with Crippen LogP contribution < -0.4 is 5.32 Å². The zero-order valence-electron chi connectivity index (χ0n) is 12.1. The number of aryl methyl sites for hydroxylation is 1. The van der Waals surface area contributed by atoms with Gasteiger partial charge in [-0.1, -0.05) is 0 Å². The van der Waals surface area contributed by atoms with E-state index in [9.17, 15) is 0 Å². The van der Waals surface area contributed by atoms with Gasteiger partial charge in [-0.3, -0.25) is 4.90 Å². The predicted octanol–water partition coefficient (Wildman–Crippen LogP) is 2.19. The maximum absolute atomic E-state index is 4.30. The van der Waals surface area contributed by atoms with E-state index in [0.717, 1.165) is 18.9 Å². The lowest BCUT2D eigenvalue weighted by atomic mass is 10.1. The average Bonchev–Trinajstić information content (AvgIpc) is 3.09. The first kappa shape index (κ1) is 13.1. The van der Waals surface area contributed by atoms with Crippen molar-refractivity contribution in [2.24, 2.45) is 7.05 Å². The summed E-state index contributed by atoms with van der Waals surface area (Å²) >= 11 is 0. The van der Waals surface area contributed by atoms with Crippen molar-refractivity contribution in [1.82, 2.24) is 19.4 Å². The van der Waals surface area contributed by atoms with Gasteiger partial charge in [-0.25, -0.2) is 9.97 Å². The van der Waals surface area contributed by atoms with E-state index in [1.807, 2.05) is 25.8 Å². The number of hydrogen-bond donors (Lipinski definition) is 1. The van der Waals surface area contributed by atoms with Crippen LogP contribution in [0.15, 0.2) is 30.9 Å². The lowest BCUT2D eigenvalue weighted by molar-refractivity contribution is 0.243. The Labute approximate surface area is 119 Å². The fourth-order valence-electron chi connectivity index (χ4n) is 2.93. The number of nitrogens with zero attached hydrogens (tertiary/aromatic N) is 4. The van der Waals surface area contributed by atoms with Crippen molar-refractivity contribution in [3.63, 3.8) is 0 Å². The van der Waals surface area contributed by atoms with Crippen LogP contribution in [-0.4, -0.2) is 33.0 Å². The summed E-state index contributed by atoms with van der Waals surface area (Å²) in [6.45, 7) is 2.10. The number of anilines is 1. The number of hydrogen-bond acceptors (Lipinski definition) is 4. The predicted molar refractivity (Wildman–Crippen MR) is 79.4 cm³/mol. The van der Waals surface area contributed by atoms with E-state index < -0.39 is 0 Å². The van der Waals surface area contributed by atoms with Gasteiger partial charge in [0.1, 0.15) is 5.82 Å². The second-order valence-electron chi connectivity index (χ2n) is 5.35. The maximum atomic E-state index is 4.30. The molecule has 1 aliphatic heterocycles. The van der Waals surface area contributed by atoms with Crippen molar-refractivity contribution >= 4 is 5.82 Å². The van der Waals surface area contributed by atoms with Crippen LogP contribution >= 0.6 is 0 Å². The number of pyridine rings is 1. The van der Waals surface area contributed by atoms with E-state index in [1.165, 1.54) is 24.1 Å². The summed E-state index contributed by atoms with van der Waals surface area (Å²) in [5.41, 5.74) is 2.61. The Balaban J connectivity index is 1.79. The zero-order valence-corrected chi connectivity index (χ0v) is 12.1. The third kappa shape index (κ3) is 2.54. The first-order chi connectivity index (χ1) is 9.78. The smallest absolute Gasteiger partial charge is 0.125 e. The van der Waals surface area contributed by atoms with Crippen molar-refractivity contribution in [3.05, 3.63) is 42.1 Å². The minimum Gasteiger partial charge on any atom is -0.373 e. The van der Waals surface area contributed by atoms with Crippen molar-refractivity contribution in [2.75, 3.05) is 18.9 Å². The Kier molecular flexibility index (Phi) is 3.69. The molecule has 1 aliphatic rings. The van der Waals surface area contributed by atoms with E-state index >= 15 is 0 Å². The molecule has 0 spiro atoms. The second-order valence-corrected chi connectivity index (χ2v) is 5.35. The Bertz CT molecular complexity index is 577. The summed E-state index contributed by atoms with van der Waals surface area (Å²) in [6.07, 6.45) is 8.18. The molecule has 0 radical (unpaired) electrons. The number of aromatic nitrogens is 3. The molecule has 1 atom stereocenters. The highest BCUT2D eigenvalue weighted by atomic mass is 15.2. The SMILES string of the molecule is CNc1cc([C@@H]2CCCN2Cc2cncn2C)ccn1. The van der Waals surface area contributed by atoms with E-state index in [0.29, 0.717) is 6.04 Å². The average molecular weight is 271 g/mol. The Morgan fingerprint density at radius 2 is 2.35 bits per heavy atom. The molecule has 2 aromatic rings. The van der Waals surface area contributed by atoms with Crippen LogP contribution in [0.5, 0.6) is 0 Å². The molecule has 5 nitrogen and oxygen atoms in total. The first-order valence-corrected chi connectivity index (χ1v) is 7.11. The first-order valence-electron chi connectivity index (χ1n) is 7.11. The lowest BCUT2D eigenvalue weighted by Crippen LogP contribution is -2.24. The quantitative estimate of drug-likeness (QED) is 0.926. The molecule has 106 valence electrons. The van der Waals surface area contributed by atoms with Gasteiger partial charge in [-0.05, 0) is 37.1 Å². The number of nitrogens with one attached hydrogen (secondary N) is 1. The zero-order chi connectivity index (χ0) is 13.9. The van der Waals surface area contributed by atoms with Gasteiger partial charge in [0.05, 0.1) is 12.0 Å². The van der Waals surface area contributed by atoms with E-state index in [1.54, 1.807) is 0 Å². The van der Waals surface area contributed by atoms with Gasteiger partial charge in [-0.2, -0.15) is 0 Å². The molecule has 1 fully saturated rings. The number of rotatable bonds is 4. The van der Waals surface area contributed by atoms with Crippen LogP contribution in [-0.2, 0) is 13.6 Å². The van der Waals surface area contributed by atoms with Crippen LogP contribution in [0, 0.1) is 0 Å². The lowest BCUT2D eigenvalue weighted by Gasteiger charge is -2.25. The van der Waals surface area contributed by atoms with Crippen LogP contribution in [0.1, 0.15) is 30.1 Å².